The van der Waals surface area contributed by atoms with Gasteiger partial charge in [-0.25, -0.2) is 4.98 Å². The SMILES string of the molecule is Cc1cc(C(C)(C)C)ccc1Oc1ncccc1C#N. The van der Waals surface area contributed by atoms with E-state index in [1.54, 1.807) is 18.3 Å². The third-order valence-electron chi connectivity index (χ3n) is 3.14. The van der Waals surface area contributed by atoms with Gasteiger partial charge in [-0.15, -0.1) is 0 Å². The average molecular weight is 266 g/mol. The topological polar surface area (TPSA) is 45.9 Å². The molecule has 0 spiro atoms. The van der Waals surface area contributed by atoms with Gasteiger partial charge in [0, 0.05) is 6.20 Å². The molecule has 0 aliphatic rings. The van der Waals surface area contributed by atoms with Crippen molar-refractivity contribution in [2.75, 3.05) is 0 Å². The van der Waals surface area contributed by atoms with Crippen LogP contribution in [0.3, 0.4) is 0 Å². The molecule has 0 aliphatic heterocycles. The predicted octanol–water partition coefficient (Wildman–Crippen LogP) is 4.35. The summed E-state index contributed by atoms with van der Waals surface area (Å²) in [7, 11) is 0. The Balaban J connectivity index is 2.34. The van der Waals surface area contributed by atoms with Crippen LogP contribution in [0.25, 0.3) is 0 Å². The van der Waals surface area contributed by atoms with Crippen molar-refractivity contribution in [1.29, 1.82) is 5.26 Å². The van der Waals surface area contributed by atoms with Gasteiger partial charge < -0.3 is 4.74 Å². The Morgan fingerprint density at radius 1 is 1.20 bits per heavy atom. The van der Waals surface area contributed by atoms with Crippen LogP contribution in [0.5, 0.6) is 11.6 Å². The van der Waals surface area contributed by atoms with E-state index in [9.17, 15) is 0 Å². The number of nitriles is 1. The number of ether oxygens (including phenoxy) is 1. The van der Waals surface area contributed by atoms with E-state index in [-0.39, 0.29) is 5.41 Å². The Bertz CT molecular complexity index is 663. The molecule has 2 rings (SSSR count). The number of aryl methyl sites for hydroxylation is 1. The second-order valence-corrected chi connectivity index (χ2v) is 5.80. The fourth-order valence-corrected chi connectivity index (χ4v) is 1.89. The first-order valence-electron chi connectivity index (χ1n) is 6.56. The minimum absolute atomic E-state index is 0.103. The Morgan fingerprint density at radius 2 is 1.95 bits per heavy atom. The third kappa shape index (κ3) is 2.97. The van der Waals surface area contributed by atoms with Gasteiger partial charge >= 0.3 is 0 Å². The van der Waals surface area contributed by atoms with Crippen molar-refractivity contribution in [3.8, 4) is 17.7 Å². The van der Waals surface area contributed by atoms with E-state index in [2.05, 4.69) is 44.0 Å². The van der Waals surface area contributed by atoms with Crippen LogP contribution in [-0.4, -0.2) is 4.98 Å². The molecule has 0 amide bonds. The van der Waals surface area contributed by atoms with E-state index in [0.717, 1.165) is 11.3 Å². The fourth-order valence-electron chi connectivity index (χ4n) is 1.89. The first-order valence-corrected chi connectivity index (χ1v) is 6.56. The largest absolute Gasteiger partial charge is 0.437 e. The van der Waals surface area contributed by atoms with E-state index in [1.165, 1.54) is 5.56 Å². The Morgan fingerprint density at radius 3 is 2.55 bits per heavy atom. The molecule has 0 unspecified atom stereocenters. The number of aromatic nitrogens is 1. The van der Waals surface area contributed by atoms with E-state index >= 15 is 0 Å². The van der Waals surface area contributed by atoms with Gasteiger partial charge in [0.25, 0.3) is 0 Å². The summed E-state index contributed by atoms with van der Waals surface area (Å²) >= 11 is 0. The highest BCUT2D eigenvalue weighted by molar-refractivity contribution is 5.44. The van der Waals surface area contributed by atoms with Crippen LogP contribution in [0, 0.1) is 18.3 Å². The number of pyridine rings is 1. The number of hydrogen-bond acceptors (Lipinski definition) is 3. The lowest BCUT2D eigenvalue weighted by molar-refractivity contribution is 0.457. The van der Waals surface area contributed by atoms with Crippen LogP contribution < -0.4 is 4.74 Å². The molecule has 0 radical (unpaired) electrons. The third-order valence-corrected chi connectivity index (χ3v) is 3.14. The summed E-state index contributed by atoms with van der Waals surface area (Å²) in [6.45, 7) is 8.53. The minimum atomic E-state index is 0.103. The molecule has 0 aliphatic carbocycles. The van der Waals surface area contributed by atoms with Gasteiger partial charge in [0.05, 0.1) is 0 Å². The average Bonchev–Trinajstić information content (AvgIpc) is 2.40. The summed E-state index contributed by atoms with van der Waals surface area (Å²) in [4.78, 5) is 4.11. The summed E-state index contributed by atoms with van der Waals surface area (Å²) < 4.78 is 5.77. The van der Waals surface area contributed by atoms with Gasteiger partial charge in [0.15, 0.2) is 0 Å². The van der Waals surface area contributed by atoms with E-state index in [1.807, 2.05) is 13.0 Å². The Hall–Kier alpha value is -2.34. The molecule has 1 aromatic carbocycles. The molecular formula is C17H18N2O. The van der Waals surface area contributed by atoms with Gasteiger partial charge in [-0.2, -0.15) is 5.26 Å². The van der Waals surface area contributed by atoms with Crippen LogP contribution in [0.4, 0.5) is 0 Å². The van der Waals surface area contributed by atoms with Gasteiger partial charge in [0.1, 0.15) is 17.4 Å². The molecule has 102 valence electrons. The maximum Gasteiger partial charge on any atom is 0.237 e. The van der Waals surface area contributed by atoms with Crippen molar-refractivity contribution < 1.29 is 4.74 Å². The summed E-state index contributed by atoms with van der Waals surface area (Å²) in [6.07, 6.45) is 1.62. The first kappa shape index (κ1) is 14.1. The molecule has 0 N–H and O–H groups in total. The molecule has 1 heterocycles. The van der Waals surface area contributed by atoms with Gasteiger partial charge in [0.2, 0.25) is 5.88 Å². The molecule has 2 aromatic rings. The molecule has 3 nitrogen and oxygen atoms in total. The molecule has 0 saturated carbocycles. The molecule has 0 bridgehead atoms. The van der Waals surface area contributed by atoms with E-state index < -0.39 is 0 Å². The maximum atomic E-state index is 9.05. The van der Waals surface area contributed by atoms with Crippen LogP contribution in [0.1, 0.15) is 37.5 Å². The molecule has 20 heavy (non-hydrogen) atoms. The highest BCUT2D eigenvalue weighted by Crippen LogP contribution is 2.30. The van der Waals surface area contributed by atoms with Crippen molar-refractivity contribution in [3.05, 3.63) is 53.2 Å². The number of hydrogen-bond donors (Lipinski definition) is 0. The Labute approximate surface area is 119 Å². The molecule has 3 heteroatoms. The van der Waals surface area contributed by atoms with Gasteiger partial charge in [-0.05, 0) is 41.7 Å². The standard InChI is InChI=1S/C17H18N2O/c1-12-10-14(17(2,3)4)7-8-15(12)20-16-13(11-18)6-5-9-19-16/h5-10H,1-4H3. The second-order valence-electron chi connectivity index (χ2n) is 5.80. The minimum Gasteiger partial charge on any atom is -0.437 e. The van der Waals surface area contributed by atoms with Crippen molar-refractivity contribution in [3.63, 3.8) is 0 Å². The highest BCUT2D eigenvalue weighted by atomic mass is 16.5. The molecule has 0 atom stereocenters. The molecule has 0 saturated heterocycles. The van der Waals surface area contributed by atoms with Crippen LogP contribution in [0.2, 0.25) is 0 Å². The zero-order chi connectivity index (χ0) is 14.8. The second kappa shape index (κ2) is 5.34. The van der Waals surface area contributed by atoms with Gasteiger partial charge in [-0.1, -0.05) is 32.9 Å². The van der Waals surface area contributed by atoms with Crippen LogP contribution in [-0.2, 0) is 5.41 Å². The smallest absolute Gasteiger partial charge is 0.237 e. The predicted molar refractivity (Wildman–Crippen MR) is 78.9 cm³/mol. The lowest BCUT2D eigenvalue weighted by Gasteiger charge is -2.20. The number of nitrogens with zero attached hydrogens (tertiary/aromatic N) is 2. The number of benzene rings is 1. The van der Waals surface area contributed by atoms with Gasteiger partial charge in [-0.3, -0.25) is 0 Å². The Kier molecular flexibility index (Phi) is 3.76. The summed E-state index contributed by atoms with van der Waals surface area (Å²) in [6, 6.07) is 11.6. The van der Waals surface area contributed by atoms with Crippen LogP contribution in [0.15, 0.2) is 36.5 Å². The maximum absolute atomic E-state index is 9.05. The van der Waals surface area contributed by atoms with Crippen LogP contribution >= 0.6 is 0 Å². The molecule has 1 aromatic heterocycles. The van der Waals surface area contributed by atoms with E-state index in [4.69, 9.17) is 10.00 Å². The normalized spacial score (nSPS) is 10.9. The summed E-state index contributed by atoms with van der Waals surface area (Å²) in [5.74, 6) is 1.08. The molecular weight excluding hydrogens is 248 g/mol. The quantitative estimate of drug-likeness (QED) is 0.811. The fraction of sp³-hybridized carbons (Fsp3) is 0.294. The number of rotatable bonds is 2. The molecule has 0 fully saturated rings. The summed E-state index contributed by atoms with van der Waals surface area (Å²) in [5.41, 5.74) is 2.83. The van der Waals surface area contributed by atoms with Crippen molar-refractivity contribution >= 4 is 0 Å². The zero-order valence-corrected chi connectivity index (χ0v) is 12.3. The van der Waals surface area contributed by atoms with Crippen molar-refractivity contribution in [2.24, 2.45) is 0 Å². The lowest BCUT2D eigenvalue weighted by Crippen LogP contribution is -2.11. The van der Waals surface area contributed by atoms with Crippen molar-refractivity contribution in [2.45, 2.75) is 33.1 Å². The monoisotopic (exact) mass is 266 g/mol. The highest BCUT2D eigenvalue weighted by Gasteiger charge is 2.15. The van der Waals surface area contributed by atoms with Crippen molar-refractivity contribution in [1.82, 2.24) is 4.98 Å². The lowest BCUT2D eigenvalue weighted by atomic mass is 9.86. The summed E-state index contributed by atoms with van der Waals surface area (Å²) in [5, 5.41) is 9.05. The zero-order valence-electron chi connectivity index (χ0n) is 12.3. The first-order chi connectivity index (χ1) is 9.41. The van der Waals surface area contributed by atoms with E-state index in [0.29, 0.717) is 11.4 Å².